The molecule has 0 aromatic carbocycles. The first-order valence-electron chi connectivity index (χ1n) is 5.48. The zero-order valence-corrected chi connectivity index (χ0v) is 10.2. The number of nitrogens with zero attached hydrogens (tertiary/aromatic N) is 1. The number of carbonyl (C=O) groups is 2. The number of amides is 2. The number of rotatable bonds is 5. The first-order valence-corrected chi connectivity index (χ1v) is 5.48. The van der Waals surface area contributed by atoms with Crippen LogP contribution in [-0.2, 0) is 4.79 Å². The lowest BCUT2D eigenvalue weighted by Crippen LogP contribution is -2.33. The maximum atomic E-state index is 11.7. The Kier molecular flexibility index (Phi) is 4.68. The second-order valence-corrected chi connectivity index (χ2v) is 3.96. The Labute approximate surface area is 99.8 Å². The van der Waals surface area contributed by atoms with Gasteiger partial charge in [0.1, 0.15) is 0 Å². The fourth-order valence-corrected chi connectivity index (χ4v) is 1.33. The van der Waals surface area contributed by atoms with Gasteiger partial charge in [0, 0.05) is 20.0 Å². The highest BCUT2D eigenvalue weighted by molar-refractivity contribution is 5.92. The van der Waals surface area contributed by atoms with Crippen LogP contribution in [0.3, 0.4) is 0 Å². The van der Waals surface area contributed by atoms with Gasteiger partial charge >= 0.3 is 0 Å². The van der Waals surface area contributed by atoms with Crippen molar-refractivity contribution in [3.63, 3.8) is 0 Å². The van der Waals surface area contributed by atoms with Crippen LogP contribution >= 0.6 is 0 Å². The maximum absolute atomic E-state index is 11.7. The van der Waals surface area contributed by atoms with E-state index in [2.05, 4.69) is 15.6 Å². The van der Waals surface area contributed by atoms with E-state index in [0.29, 0.717) is 18.8 Å². The lowest BCUT2D eigenvalue weighted by atomic mass is 10.1. The molecule has 6 heteroatoms. The summed E-state index contributed by atoms with van der Waals surface area (Å²) in [7, 11) is 0. The van der Waals surface area contributed by atoms with E-state index in [9.17, 15) is 9.59 Å². The van der Waals surface area contributed by atoms with Gasteiger partial charge in [-0.1, -0.05) is 13.8 Å². The molecule has 17 heavy (non-hydrogen) atoms. The van der Waals surface area contributed by atoms with E-state index in [1.165, 1.54) is 13.3 Å². The van der Waals surface area contributed by atoms with E-state index in [0.717, 1.165) is 0 Å². The number of aromatic nitrogens is 1. The molecule has 0 aliphatic heterocycles. The third-order valence-corrected chi connectivity index (χ3v) is 2.13. The molecule has 0 saturated carbocycles. The molecule has 0 radical (unpaired) electrons. The Balaban J connectivity index is 2.47. The Hall–Kier alpha value is -1.85. The van der Waals surface area contributed by atoms with Crippen LogP contribution in [0.25, 0.3) is 0 Å². The fourth-order valence-electron chi connectivity index (χ4n) is 1.33. The van der Waals surface area contributed by atoms with Gasteiger partial charge in [0.15, 0.2) is 6.39 Å². The van der Waals surface area contributed by atoms with E-state index < -0.39 is 0 Å². The third-order valence-electron chi connectivity index (χ3n) is 2.13. The van der Waals surface area contributed by atoms with Crippen LogP contribution < -0.4 is 10.6 Å². The molecule has 94 valence electrons. The normalized spacial score (nSPS) is 10.4. The van der Waals surface area contributed by atoms with Crippen molar-refractivity contribution in [3.8, 4) is 0 Å². The minimum Gasteiger partial charge on any atom is -0.438 e. The van der Waals surface area contributed by atoms with Gasteiger partial charge in [-0.2, -0.15) is 0 Å². The van der Waals surface area contributed by atoms with Gasteiger partial charge in [-0.25, -0.2) is 4.98 Å². The fraction of sp³-hybridized carbons (Fsp3) is 0.545. The number of carbonyl (C=O) groups excluding carboxylic acids is 2. The summed E-state index contributed by atoms with van der Waals surface area (Å²) in [5, 5.41) is 5.23. The molecule has 6 nitrogen and oxygen atoms in total. The van der Waals surface area contributed by atoms with Gasteiger partial charge in [-0.3, -0.25) is 9.59 Å². The number of hydrogen-bond acceptors (Lipinski definition) is 4. The quantitative estimate of drug-likeness (QED) is 0.739. The monoisotopic (exact) mass is 239 g/mol. The van der Waals surface area contributed by atoms with Crippen LogP contribution in [0, 0.1) is 0 Å². The van der Waals surface area contributed by atoms with Crippen molar-refractivity contribution in [1.29, 1.82) is 0 Å². The molecule has 1 heterocycles. The van der Waals surface area contributed by atoms with Crippen LogP contribution in [0.5, 0.6) is 0 Å². The predicted molar refractivity (Wildman–Crippen MR) is 61.6 cm³/mol. The maximum Gasteiger partial charge on any atom is 0.289 e. The van der Waals surface area contributed by atoms with Gasteiger partial charge in [-0.05, 0) is 5.92 Å². The number of nitrogens with one attached hydrogen (secondary N) is 2. The van der Waals surface area contributed by atoms with Crippen LogP contribution in [0.4, 0.5) is 0 Å². The Bertz CT molecular complexity index is 398. The van der Waals surface area contributed by atoms with E-state index in [1.54, 1.807) is 0 Å². The average Bonchev–Trinajstić information content (AvgIpc) is 2.72. The molecule has 2 amide bonds. The molecule has 0 atom stereocenters. The van der Waals surface area contributed by atoms with Gasteiger partial charge in [-0.15, -0.1) is 0 Å². The summed E-state index contributed by atoms with van der Waals surface area (Å²) in [5.74, 6) is -0.0639. The minimum atomic E-state index is -0.309. The first-order chi connectivity index (χ1) is 8.02. The Morgan fingerprint density at radius 3 is 2.59 bits per heavy atom. The smallest absolute Gasteiger partial charge is 0.289 e. The third kappa shape index (κ3) is 3.90. The molecule has 0 bridgehead atoms. The van der Waals surface area contributed by atoms with Gasteiger partial charge in [0.05, 0.1) is 5.69 Å². The van der Waals surface area contributed by atoms with Gasteiger partial charge in [0.2, 0.25) is 11.7 Å². The van der Waals surface area contributed by atoms with Crippen molar-refractivity contribution in [2.75, 3.05) is 13.1 Å². The van der Waals surface area contributed by atoms with E-state index in [4.69, 9.17) is 4.42 Å². The van der Waals surface area contributed by atoms with Crippen molar-refractivity contribution in [1.82, 2.24) is 15.6 Å². The zero-order valence-electron chi connectivity index (χ0n) is 10.2. The number of hydrogen-bond donors (Lipinski definition) is 2. The summed E-state index contributed by atoms with van der Waals surface area (Å²) in [6.45, 7) is 6.05. The molecular formula is C11H17N3O3. The molecule has 1 aromatic heterocycles. The average molecular weight is 239 g/mol. The minimum absolute atomic E-state index is 0.123. The van der Waals surface area contributed by atoms with Crippen LogP contribution in [-0.4, -0.2) is 29.9 Å². The van der Waals surface area contributed by atoms with E-state index in [-0.39, 0.29) is 23.5 Å². The standard InChI is InChI=1S/C11H17N3O3/c1-7(2)9-10(17-6-14-9)11(16)13-5-4-12-8(3)15/h6-7H,4-5H2,1-3H3,(H,12,15)(H,13,16). The Morgan fingerprint density at radius 2 is 2.00 bits per heavy atom. The summed E-state index contributed by atoms with van der Waals surface area (Å²) in [5.41, 5.74) is 0.641. The highest BCUT2D eigenvalue weighted by Crippen LogP contribution is 2.16. The van der Waals surface area contributed by atoms with E-state index >= 15 is 0 Å². The van der Waals surface area contributed by atoms with E-state index in [1.807, 2.05) is 13.8 Å². The lowest BCUT2D eigenvalue weighted by molar-refractivity contribution is -0.118. The van der Waals surface area contributed by atoms with Crippen molar-refractivity contribution in [2.24, 2.45) is 0 Å². The molecule has 0 saturated heterocycles. The predicted octanol–water partition coefficient (Wildman–Crippen LogP) is 0.664. The zero-order chi connectivity index (χ0) is 12.8. The van der Waals surface area contributed by atoms with Crippen LogP contribution in [0.2, 0.25) is 0 Å². The highest BCUT2D eigenvalue weighted by Gasteiger charge is 2.18. The topological polar surface area (TPSA) is 84.2 Å². The van der Waals surface area contributed by atoms with Crippen LogP contribution in [0.1, 0.15) is 42.9 Å². The molecule has 0 fully saturated rings. The van der Waals surface area contributed by atoms with Gasteiger partial charge < -0.3 is 15.1 Å². The highest BCUT2D eigenvalue weighted by atomic mass is 16.3. The van der Waals surface area contributed by atoms with Gasteiger partial charge in [0.25, 0.3) is 5.91 Å². The van der Waals surface area contributed by atoms with Crippen molar-refractivity contribution in [3.05, 3.63) is 17.8 Å². The SMILES string of the molecule is CC(=O)NCCNC(=O)c1ocnc1C(C)C. The molecule has 0 unspecified atom stereocenters. The second kappa shape index (κ2) is 6.03. The molecule has 1 rings (SSSR count). The summed E-state index contributed by atoms with van der Waals surface area (Å²) in [6, 6.07) is 0. The van der Waals surface area contributed by atoms with Crippen molar-refractivity contribution >= 4 is 11.8 Å². The van der Waals surface area contributed by atoms with Crippen molar-refractivity contribution < 1.29 is 14.0 Å². The summed E-state index contributed by atoms with van der Waals surface area (Å²) in [4.78, 5) is 26.3. The largest absolute Gasteiger partial charge is 0.438 e. The molecule has 1 aromatic rings. The van der Waals surface area contributed by atoms with Crippen molar-refractivity contribution in [2.45, 2.75) is 26.7 Å². The second-order valence-electron chi connectivity index (χ2n) is 3.96. The number of oxazole rings is 1. The lowest BCUT2D eigenvalue weighted by Gasteiger charge is -2.06. The Morgan fingerprint density at radius 1 is 1.35 bits per heavy atom. The molecular weight excluding hydrogens is 222 g/mol. The molecule has 2 N–H and O–H groups in total. The molecule has 0 aliphatic carbocycles. The molecule has 0 aliphatic rings. The first kappa shape index (κ1) is 13.2. The summed E-state index contributed by atoms with van der Waals surface area (Å²) in [6.07, 6.45) is 1.26. The summed E-state index contributed by atoms with van der Waals surface area (Å²) < 4.78 is 5.06. The molecule has 0 spiro atoms. The summed E-state index contributed by atoms with van der Waals surface area (Å²) >= 11 is 0. The van der Waals surface area contributed by atoms with Crippen LogP contribution in [0.15, 0.2) is 10.8 Å².